The van der Waals surface area contributed by atoms with Gasteiger partial charge in [-0.15, -0.1) is 0 Å². The normalized spacial score (nSPS) is 10.8. The molecule has 0 saturated carbocycles. The molecule has 0 aromatic heterocycles. The maximum atomic E-state index is 12.1. The topological polar surface area (TPSA) is 29.5 Å². The minimum atomic E-state index is -0.487. The molecule has 0 N–H and O–H groups in total. The molecule has 0 aliphatic rings. The molecule has 0 aliphatic heterocycles. The largest absolute Gasteiger partial charge is 1.00 e. The molecule has 0 radical (unpaired) electrons. The molecule has 122 valence electrons. The van der Waals surface area contributed by atoms with Crippen molar-refractivity contribution < 1.29 is 28.4 Å². The van der Waals surface area contributed by atoms with Gasteiger partial charge in [0.2, 0.25) is 0 Å². The molecular weight excluding hydrogens is 293 g/mol. The van der Waals surface area contributed by atoms with Crippen LogP contribution in [0.25, 0.3) is 0 Å². The van der Waals surface area contributed by atoms with Gasteiger partial charge in [0.1, 0.15) is 5.60 Å². The smallest absolute Gasteiger partial charge is 0.481 e. The predicted molar refractivity (Wildman–Crippen MR) is 92.3 cm³/mol. The Hall–Kier alpha value is -1.66. The van der Waals surface area contributed by atoms with E-state index in [-0.39, 0.29) is 24.8 Å². The van der Waals surface area contributed by atoms with Crippen molar-refractivity contribution in [3.8, 4) is 0 Å². The predicted octanol–water partition coefficient (Wildman–Crippen LogP) is 1.20. The zero-order valence-corrected chi connectivity index (χ0v) is 15.0. The van der Waals surface area contributed by atoms with Gasteiger partial charge in [-0.1, -0.05) is 60.7 Å². The molecule has 3 nitrogen and oxygen atoms in total. The summed E-state index contributed by atoms with van der Waals surface area (Å²) in [4.78, 5) is 14.1. The zero-order valence-electron chi connectivity index (χ0n) is 15.0. The molecule has 2 aromatic rings. The second kappa shape index (κ2) is 9.59. The van der Waals surface area contributed by atoms with Crippen molar-refractivity contribution in [3.05, 3.63) is 78.3 Å². The first-order chi connectivity index (χ1) is 10.9. The van der Waals surface area contributed by atoms with Crippen molar-refractivity contribution in [2.24, 2.45) is 0 Å². The number of benzene rings is 2. The molecule has 0 fully saturated rings. The van der Waals surface area contributed by atoms with E-state index in [2.05, 4.69) is 24.3 Å². The van der Waals surface area contributed by atoms with Crippen molar-refractivity contribution in [3.63, 3.8) is 0 Å². The van der Waals surface area contributed by atoms with Gasteiger partial charge in [-0.3, -0.25) is 4.79 Å². The van der Waals surface area contributed by atoms with E-state index in [1.165, 1.54) is 0 Å². The Balaban J connectivity index is 0.00000288. The summed E-state index contributed by atoms with van der Waals surface area (Å²) in [5, 5.41) is 0. The fourth-order valence-corrected chi connectivity index (χ4v) is 2.26. The fourth-order valence-electron chi connectivity index (χ4n) is 2.26. The fraction of sp³-hybridized carbons (Fsp3) is 0.300. The summed E-state index contributed by atoms with van der Waals surface area (Å²) in [7, 11) is 0. The molecule has 0 heterocycles. The number of rotatable bonds is 6. The summed E-state index contributed by atoms with van der Waals surface area (Å²) < 4.78 is 5.41. The molecule has 0 bridgehead atoms. The van der Waals surface area contributed by atoms with E-state index in [1.807, 2.05) is 62.1 Å². The Labute approximate surface area is 157 Å². The first-order valence-electron chi connectivity index (χ1n) is 7.82. The number of esters is 1. The van der Waals surface area contributed by atoms with Gasteiger partial charge >= 0.3 is 18.9 Å². The van der Waals surface area contributed by atoms with E-state index in [0.717, 1.165) is 11.1 Å². The van der Waals surface area contributed by atoms with Gasteiger partial charge in [0.15, 0.2) is 5.97 Å². The number of carbonyl (C=O) groups is 1. The van der Waals surface area contributed by atoms with Crippen molar-refractivity contribution in [1.29, 1.82) is 0 Å². The van der Waals surface area contributed by atoms with Crippen LogP contribution in [0.4, 0.5) is 0 Å². The maximum absolute atomic E-state index is 12.1. The van der Waals surface area contributed by atoms with Gasteiger partial charge < -0.3 is 9.64 Å². The molecule has 24 heavy (non-hydrogen) atoms. The number of nitrogens with zero attached hydrogens (tertiary/aromatic N) is 1. The Kier molecular flexibility index (Phi) is 8.14. The Morgan fingerprint density at radius 1 is 0.917 bits per heavy atom. The van der Waals surface area contributed by atoms with E-state index in [9.17, 15) is 4.79 Å². The zero-order chi connectivity index (χ0) is 16.7. The summed E-state index contributed by atoms with van der Waals surface area (Å²) in [6, 6.07) is 20.2. The summed E-state index contributed by atoms with van der Waals surface area (Å²) >= 11 is 0. The minimum absolute atomic E-state index is 0. The summed E-state index contributed by atoms with van der Waals surface area (Å²) in [5.74, 6) is -0.315. The monoisotopic (exact) mass is 317 g/mol. The van der Waals surface area contributed by atoms with Gasteiger partial charge in [-0.25, -0.2) is 6.54 Å². The van der Waals surface area contributed by atoms with Crippen molar-refractivity contribution in [2.75, 3.05) is 0 Å². The second-order valence-electron chi connectivity index (χ2n) is 6.54. The summed E-state index contributed by atoms with van der Waals surface area (Å²) in [6.45, 7) is 8.50. The van der Waals surface area contributed by atoms with Crippen LogP contribution in [0.15, 0.2) is 60.7 Å². The van der Waals surface area contributed by atoms with Crippen molar-refractivity contribution >= 4 is 5.97 Å². The summed E-state index contributed by atoms with van der Waals surface area (Å²) in [6.07, 6.45) is 0. The number of hydrogen-bond donors (Lipinski definition) is 0. The van der Waals surface area contributed by atoms with Crippen LogP contribution in [-0.2, 0) is 22.6 Å². The van der Waals surface area contributed by atoms with Gasteiger partial charge in [-0.2, -0.15) is 0 Å². The van der Waals surface area contributed by atoms with Crippen LogP contribution in [-0.4, -0.2) is 16.5 Å². The van der Waals surface area contributed by atoms with Crippen molar-refractivity contribution in [1.82, 2.24) is 4.90 Å². The van der Waals surface area contributed by atoms with Gasteiger partial charge in [-0.05, 0) is 45.0 Å². The van der Waals surface area contributed by atoms with Crippen LogP contribution in [0.1, 0.15) is 31.9 Å². The SMILES string of the molecule is CC(C)(C)OC(=O)[CH-]N(Cc1ccccc1)Cc1ccccc1.[Li+]. The third kappa shape index (κ3) is 7.74. The van der Waals surface area contributed by atoms with E-state index >= 15 is 0 Å². The third-order valence-corrected chi connectivity index (χ3v) is 3.15. The van der Waals surface area contributed by atoms with Gasteiger partial charge in [0.25, 0.3) is 0 Å². The minimum Gasteiger partial charge on any atom is -0.481 e. The summed E-state index contributed by atoms with van der Waals surface area (Å²) in [5.41, 5.74) is 1.82. The first kappa shape index (κ1) is 20.4. The number of hydrogen-bond acceptors (Lipinski definition) is 3. The van der Waals surface area contributed by atoms with E-state index in [0.29, 0.717) is 13.1 Å². The molecule has 0 spiro atoms. The molecule has 4 heteroatoms. The van der Waals surface area contributed by atoms with E-state index in [4.69, 9.17) is 4.74 Å². The number of ether oxygens (including phenoxy) is 1. The third-order valence-electron chi connectivity index (χ3n) is 3.15. The molecule has 0 atom stereocenters. The molecule has 0 amide bonds. The standard InChI is InChI=1S/C20H24NO2.Li/c1-20(2,3)23-19(22)16-21(14-17-10-6-4-7-11-17)15-18-12-8-5-9-13-18;/h4-13,16H,14-15H2,1-3H3;/q-1;+1. The molecule has 2 aromatic carbocycles. The molecule has 0 unspecified atom stereocenters. The Morgan fingerprint density at radius 2 is 1.33 bits per heavy atom. The van der Waals surface area contributed by atoms with Gasteiger partial charge in [0.05, 0.1) is 0 Å². The van der Waals surface area contributed by atoms with Gasteiger partial charge in [0, 0.05) is 0 Å². The van der Waals surface area contributed by atoms with Crippen LogP contribution in [0.2, 0.25) is 0 Å². The molecular formula is C20H24LiNO2. The second-order valence-corrected chi connectivity index (χ2v) is 6.54. The van der Waals surface area contributed by atoms with Crippen LogP contribution < -0.4 is 18.9 Å². The van der Waals surface area contributed by atoms with Crippen LogP contribution in [0, 0.1) is 6.54 Å². The Bertz CT molecular complexity index is 567. The average molecular weight is 317 g/mol. The molecule has 2 rings (SSSR count). The van der Waals surface area contributed by atoms with E-state index in [1.54, 1.807) is 6.54 Å². The average Bonchev–Trinajstić information content (AvgIpc) is 2.47. The van der Waals surface area contributed by atoms with Crippen molar-refractivity contribution in [2.45, 2.75) is 39.5 Å². The van der Waals surface area contributed by atoms with E-state index < -0.39 is 5.60 Å². The molecule has 0 aliphatic carbocycles. The van der Waals surface area contributed by atoms with Crippen LogP contribution >= 0.6 is 0 Å². The van der Waals surface area contributed by atoms with Crippen LogP contribution in [0.3, 0.4) is 0 Å². The number of carbonyl (C=O) groups excluding carboxylic acids is 1. The van der Waals surface area contributed by atoms with Crippen LogP contribution in [0.5, 0.6) is 0 Å². The molecule has 0 saturated heterocycles. The Morgan fingerprint density at radius 3 is 1.71 bits per heavy atom. The quantitative estimate of drug-likeness (QED) is 0.455. The maximum Gasteiger partial charge on any atom is 1.00 e. The first-order valence-corrected chi connectivity index (χ1v) is 7.82.